The summed E-state index contributed by atoms with van der Waals surface area (Å²) in [4.78, 5) is 21.1. The van der Waals surface area contributed by atoms with Crippen molar-refractivity contribution in [2.24, 2.45) is 11.3 Å². The molecule has 0 aromatic heterocycles. The molecule has 2 N–H and O–H groups in total. The number of carboxylic acid groups (broad SMARTS) is 2. The Morgan fingerprint density at radius 3 is 2.38 bits per heavy atom. The van der Waals surface area contributed by atoms with Crippen LogP contribution in [-0.4, -0.2) is 27.4 Å². The van der Waals surface area contributed by atoms with Crippen LogP contribution in [0.25, 0.3) is 0 Å². The molecule has 1 fully saturated rings. The summed E-state index contributed by atoms with van der Waals surface area (Å²) in [6.07, 6.45) is 0.327. The molecule has 74 valence electrons. The van der Waals surface area contributed by atoms with Crippen LogP contribution >= 0.6 is 12.6 Å². The van der Waals surface area contributed by atoms with E-state index < -0.39 is 23.3 Å². The summed E-state index contributed by atoms with van der Waals surface area (Å²) >= 11 is 4.14. The van der Waals surface area contributed by atoms with Crippen molar-refractivity contribution in [1.82, 2.24) is 0 Å². The van der Waals surface area contributed by atoms with Crippen molar-refractivity contribution in [1.29, 1.82) is 0 Å². The maximum absolute atomic E-state index is 10.6. The third kappa shape index (κ3) is 1.80. The minimum Gasteiger partial charge on any atom is -0.481 e. The fourth-order valence-electron chi connectivity index (χ4n) is 1.74. The summed E-state index contributed by atoms with van der Waals surface area (Å²) in [6.45, 7) is 1.75. The molecule has 5 heteroatoms. The molecule has 3 atom stereocenters. The van der Waals surface area contributed by atoms with Crippen LogP contribution in [0.4, 0.5) is 0 Å². The number of hydrogen-bond donors (Lipinski definition) is 3. The van der Waals surface area contributed by atoms with Gasteiger partial charge in [-0.15, -0.1) is 0 Å². The van der Waals surface area contributed by atoms with Crippen LogP contribution in [0.2, 0.25) is 0 Å². The van der Waals surface area contributed by atoms with E-state index in [0.717, 1.165) is 0 Å². The normalized spacial score (nSPS) is 33.8. The topological polar surface area (TPSA) is 74.6 Å². The molecule has 0 aromatic rings. The Balaban J connectivity index is 2.71. The number of carboxylic acids is 2. The molecular weight excluding hydrogens is 192 g/mol. The largest absolute Gasteiger partial charge is 0.481 e. The molecule has 1 rings (SSSR count). The summed E-state index contributed by atoms with van der Waals surface area (Å²) in [5.41, 5.74) is -0.624. The van der Waals surface area contributed by atoms with Crippen molar-refractivity contribution in [2.45, 2.75) is 25.0 Å². The quantitative estimate of drug-likeness (QED) is 0.594. The molecule has 0 heterocycles. The lowest BCUT2D eigenvalue weighted by Crippen LogP contribution is -2.22. The lowest BCUT2D eigenvalue weighted by atomic mass is 9.95. The van der Waals surface area contributed by atoms with Gasteiger partial charge in [-0.05, 0) is 6.42 Å². The van der Waals surface area contributed by atoms with Gasteiger partial charge in [0.2, 0.25) is 0 Å². The van der Waals surface area contributed by atoms with Gasteiger partial charge in [-0.3, -0.25) is 9.59 Å². The second-order valence-electron chi connectivity index (χ2n) is 3.57. The van der Waals surface area contributed by atoms with Crippen molar-refractivity contribution in [3.63, 3.8) is 0 Å². The summed E-state index contributed by atoms with van der Waals surface area (Å²) in [5, 5.41) is 17.1. The Labute approximate surface area is 81.4 Å². The highest BCUT2D eigenvalue weighted by Gasteiger charge is 2.61. The average molecular weight is 204 g/mol. The Morgan fingerprint density at radius 2 is 2.15 bits per heavy atom. The minimum absolute atomic E-state index is 0.103. The van der Waals surface area contributed by atoms with Crippen molar-refractivity contribution < 1.29 is 19.8 Å². The summed E-state index contributed by atoms with van der Waals surface area (Å²) in [5.74, 6) is -2.40. The standard InChI is InChI=1S/C8H12O4S/c1-4(13)8(3-6(9)10)2-5(8)7(11)12/h4-5,13H,2-3H2,1H3,(H,9,10)(H,11,12). The van der Waals surface area contributed by atoms with E-state index in [1.807, 2.05) is 0 Å². The monoisotopic (exact) mass is 204 g/mol. The zero-order chi connectivity index (χ0) is 10.2. The molecule has 0 bridgehead atoms. The molecule has 1 aliphatic carbocycles. The number of hydrogen-bond acceptors (Lipinski definition) is 3. The van der Waals surface area contributed by atoms with Crippen molar-refractivity contribution in [2.75, 3.05) is 0 Å². The molecule has 0 aromatic carbocycles. The Bertz CT molecular complexity index is 251. The van der Waals surface area contributed by atoms with Gasteiger partial charge in [-0.2, -0.15) is 12.6 Å². The highest BCUT2D eigenvalue weighted by Crippen LogP contribution is 2.59. The second-order valence-corrected chi connectivity index (χ2v) is 4.35. The first-order valence-electron chi connectivity index (χ1n) is 4.03. The first-order valence-corrected chi connectivity index (χ1v) is 4.54. The van der Waals surface area contributed by atoms with Gasteiger partial charge >= 0.3 is 11.9 Å². The smallest absolute Gasteiger partial charge is 0.307 e. The first kappa shape index (κ1) is 10.4. The number of thiol groups is 1. The molecule has 4 nitrogen and oxygen atoms in total. The van der Waals surface area contributed by atoms with Crippen LogP contribution in [0.1, 0.15) is 19.8 Å². The lowest BCUT2D eigenvalue weighted by Gasteiger charge is -2.17. The van der Waals surface area contributed by atoms with Gasteiger partial charge in [-0.1, -0.05) is 6.92 Å². The third-order valence-corrected chi connectivity index (χ3v) is 3.24. The van der Waals surface area contributed by atoms with Crippen molar-refractivity contribution in [3.8, 4) is 0 Å². The average Bonchev–Trinajstić information content (AvgIpc) is 2.62. The van der Waals surface area contributed by atoms with Crippen molar-refractivity contribution in [3.05, 3.63) is 0 Å². The molecule has 0 amide bonds. The highest BCUT2D eigenvalue weighted by atomic mass is 32.1. The van der Waals surface area contributed by atoms with E-state index in [1.165, 1.54) is 0 Å². The molecule has 0 radical (unpaired) electrons. The number of aliphatic carboxylic acids is 2. The molecule has 3 unspecified atom stereocenters. The van der Waals surface area contributed by atoms with E-state index in [2.05, 4.69) is 12.6 Å². The Kier molecular flexibility index (Phi) is 2.56. The predicted molar refractivity (Wildman–Crippen MR) is 48.9 cm³/mol. The van der Waals surface area contributed by atoms with E-state index in [1.54, 1.807) is 6.92 Å². The predicted octanol–water partition coefficient (Wildman–Crippen LogP) is 0.870. The summed E-state index contributed by atoms with van der Waals surface area (Å²) in [6, 6.07) is 0. The first-order chi connectivity index (χ1) is 5.90. The zero-order valence-electron chi connectivity index (χ0n) is 7.23. The highest BCUT2D eigenvalue weighted by molar-refractivity contribution is 7.81. The van der Waals surface area contributed by atoms with Gasteiger partial charge in [0.15, 0.2) is 0 Å². The molecule has 1 saturated carbocycles. The maximum Gasteiger partial charge on any atom is 0.307 e. The van der Waals surface area contributed by atoms with Crippen LogP contribution in [-0.2, 0) is 9.59 Å². The van der Waals surface area contributed by atoms with E-state index in [4.69, 9.17) is 10.2 Å². The van der Waals surface area contributed by atoms with Crippen LogP contribution in [0, 0.1) is 11.3 Å². The Hall–Kier alpha value is -0.710. The van der Waals surface area contributed by atoms with Crippen molar-refractivity contribution >= 4 is 24.6 Å². The van der Waals surface area contributed by atoms with Gasteiger partial charge < -0.3 is 10.2 Å². The molecule has 0 aliphatic heterocycles. The van der Waals surface area contributed by atoms with Crippen LogP contribution < -0.4 is 0 Å². The van der Waals surface area contributed by atoms with E-state index in [-0.39, 0.29) is 11.7 Å². The zero-order valence-corrected chi connectivity index (χ0v) is 8.12. The molecule has 0 saturated heterocycles. The van der Waals surface area contributed by atoms with Gasteiger partial charge in [0.25, 0.3) is 0 Å². The summed E-state index contributed by atoms with van der Waals surface area (Å²) < 4.78 is 0. The van der Waals surface area contributed by atoms with Gasteiger partial charge in [-0.25, -0.2) is 0 Å². The molecule has 1 aliphatic rings. The van der Waals surface area contributed by atoms with Gasteiger partial charge in [0, 0.05) is 10.7 Å². The third-order valence-electron chi connectivity index (χ3n) is 2.73. The van der Waals surface area contributed by atoms with E-state index >= 15 is 0 Å². The van der Waals surface area contributed by atoms with E-state index in [0.29, 0.717) is 6.42 Å². The fraction of sp³-hybridized carbons (Fsp3) is 0.750. The number of carbonyl (C=O) groups is 2. The summed E-state index contributed by atoms with van der Waals surface area (Å²) in [7, 11) is 0. The molecule has 13 heavy (non-hydrogen) atoms. The molecular formula is C8H12O4S. The number of rotatable bonds is 4. The van der Waals surface area contributed by atoms with Crippen LogP contribution in [0.5, 0.6) is 0 Å². The fourth-order valence-corrected chi connectivity index (χ4v) is 2.12. The molecule has 0 spiro atoms. The lowest BCUT2D eigenvalue weighted by molar-refractivity contribution is -0.141. The minimum atomic E-state index is -0.954. The SMILES string of the molecule is CC(S)C1(CC(=O)O)CC1C(=O)O. The van der Waals surface area contributed by atoms with E-state index in [9.17, 15) is 9.59 Å². The Morgan fingerprint density at radius 1 is 1.62 bits per heavy atom. The maximum atomic E-state index is 10.6. The van der Waals surface area contributed by atoms with Gasteiger partial charge in [0.05, 0.1) is 12.3 Å². The van der Waals surface area contributed by atoms with Crippen LogP contribution in [0.3, 0.4) is 0 Å². The van der Waals surface area contributed by atoms with Crippen LogP contribution in [0.15, 0.2) is 0 Å². The van der Waals surface area contributed by atoms with Gasteiger partial charge in [0.1, 0.15) is 0 Å². The second kappa shape index (κ2) is 3.21.